The normalized spacial score (nSPS) is 18.0. The fourth-order valence-corrected chi connectivity index (χ4v) is 4.49. The second-order valence-corrected chi connectivity index (χ2v) is 8.28. The minimum Gasteiger partial charge on any atom is -0.358 e. The van der Waals surface area contributed by atoms with Gasteiger partial charge in [0.1, 0.15) is 11.6 Å². The van der Waals surface area contributed by atoms with E-state index in [-0.39, 0.29) is 17.5 Å². The Kier molecular flexibility index (Phi) is 6.13. The molecule has 2 aromatic rings. The number of ketones is 1. The molecule has 1 aliphatic heterocycles. The van der Waals surface area contributed by atoms with Crippen molar-refractivity contribution in [2.45, 2.75) is 38.6 Å². The van der Waals surface area contributed by atoms with E-state index in [1.54, 1.807) is 18.3 Å². The second-order valence-electron chi connectivity index (χ2n) is 8.28. The highest BCUT2D eigenvalue weighted by molar-refractivity contribution is 5.94. The van der Waals surface area contributed by atoms with Crippen molar-refractivity contribution in [3.8, 4) is 0 Å². The van der Waals surface area contributed by atoms with Crippen LogP contribution in [0, 0.1) is 5.82 Å². The number of amides is 1. The largest absolute Gasteiger partial charge is 0.358 e. The SMILES string of the molecule is CC(=O)c1ccc(N2CC[NH+](CC(=O)Nc3ccnn3C3CCCC3)CC2)c(F)c1. The van der Waals surface area contributed by atoms with Gasteiger partial charge in [0.2, 0.25) is 0 Å². The summed E-state index contributed by atoms with van der Waals surface area (Å²) in [6, 6.07) is 6.89. The molecule has 0 atom stereocenters. The van der Waals surface area contributed by atoms with E-state index in [1.165, 1.54) is 30.7 Å². The van der Waals surface area contributed by atoms with Gasteiger partial charge in [0.05, 0.1) is 44.1 Å². The molecule has 160 valence electrons. The Morgan fingerprint density at radius 2 is 1.93 bits per heavy atom. The molecule has 1 aliphatic carbocycles. The van der Waals surface area contributed by atoms with Gasteiger partial charge >= 0.3 is 0 Å². The minimum atomic E-state index is -0.371. The lowest BCUT2D eigenvalue weighted by Gasteiger charge is -2.33. The Hall–Kier alpha value is -2.74. The summed E-state index contributed by atoms with van der Waals surface area (Å²) in [6.45, 7) is 4.65. The third-order valence-corrected chi connectivity index (χ3v) is 6.18. The number of piperazine rings is 1. The number of halogens is 1. The van der Waals surface area contributed by atoms with Crippen molar-refractivity contribution in [2.75, 3.05) is 42.9 Å². The zero-order chi connectivity index (χ0) is 21.1. The highest BCUT2D eigenvalue weighted by Crippen LogP contribution is 2.31. The van der Waals surface area contributed by atoms with Gasteiger partial charge in [0, 0.05) is 11.6 Å². The summed E-state index contributed by atoms with van der Waals surface area (Å²) in [5.74, 6) is 0.242. The van der Waals surface area contributed by atoms with E-state index in [2.05, 4.69) is 10.4 Å². The Bertz CT molecular complexity index is 914. The van der Waals surface area contributed by atoms with Gasteiger partial charge in [-0.1, -0.05) is 12.8 Å². The van der Waals surface area contributed by atoms with E-state index in [4.69, 9.17) is 0 Å². The van der Waals surface area contributed by atoms with Gasteiger partial charge in [0.25, 0.3) is 5.91 Å². The number of Topliss-reactive ketones (excluding diaryl/α,β-unsaturated/α-hetero) is 1. The maximum absolute atomic E-state index is 14.4. The number of nitrogens with one attached hydrogen (secondary N) is 2. The number of quaternary nitrogens is 1. The maximum Gasteiger partial charge on any atom is 0.280 e. The van der Waals surface area contributed by atoms with Crippen molar-refractivity contribution >= 4 is 23.2 Å². The van der Waals surface area contributed by atoms with Gasteiger partial charge < -0.3 is 15.1 Å². The first-order valence-corrected chi connectivity index (χ1v) is 10.7. The number of hydrogen-bond donors (Lipinski definition) is 2. The van der Waals surface area contributed by atoms with Gasteiger partial charge in [-0.3, -0.25) is 9.59 Å². The minimum absolute atomic E-state index is 0.0183. The average Bonchev–Trinajstić information content (AvgIpc) is 3.40. The number of aromatic nitrogens is 2. The molecule has 0 bridgehead atoms. The van der Waals surface area contributed by atoms with Crippen LogP contribution in [0.15, 0.2) is 30.5 Å². The van der Waals surface area contributed by atoms with E-state index in [9.17, 15) is 14.0 Å². The summed E-state index contributed by atoms with van der Waals surface area (Å²) in [7, 11) is 0. The molecule has 7 nitrogen and oxygen atoms in total. The average molecular weight is 415 g/mol. The van der Waals surface area contributed by atoms with Crippen molar-refractivity contribution in [2.24, 2.45) is 0 Å². The first-order valence-electron chi connectivity index (χ1n) is 10.7. The number of hydrogen-bond acceptors (Lipinski definition) is 4. The van der Waals surface area contributed by atoms with Crippen molar-refractivity contribution in [1.82, 2.24) is 9.78 Å². The summed E-state index contributed by atoms with van der Waals surface area (Å²) >= 11 is 0. The maximum atomic E-state index is 14.4. The number of benzene rings is 1. The lowest BCUT2D eigenvalue weighted by atomic mass is 10.1. The Morgan fingerprint density at radius 1 is 1.20 bits per heavy atom. The fourth-order valence-electron chi connectivity index (χ4n) is 4.49. The first-order chi connectivity index (χ1) is 14.5. The molecule has 2 aliphatic rings. The molecule has 2 fully saturated rings. The van der Waals surface area contributed by atoms with Gasteiger partial charge in [-0.05, 0) is 38.0 Å². The summed E-state index contributed by atoms with van der Waals surface area (Å²) in [6.07, 6.45) is 6.39. The van der Waals surface area contributed by atoms with Gasteiger partial charge in [-0.15, -0.1) is 0 Å². The van der Waals surface area contributed by atoms with E-state index in [0.29, 0.717) is 36.9 Å². The van der Waals surface area contributed by atoms with Gasteiger partial charge in [-0.2, -0.15) is 5.10 Å². The highest BCUT2D eigenvalue weighted by atomic mass is 19.1. The molecule has 8 heteroatoms. The number of anilines is 2. The van der Waals surface area contributed by atoms with Crippen LogP contribution in [-0.4, -0.2) is 54.2 Å². The topological polar surface area (TPSA) is 71.7 Å². The van der Waals surface area contributed by atoms with Crippen molar-refractivity contribution in [3.63, 3.8) is 0 Å². The number of carbonyl (C=O) groups excluding carboxylic acids is 2. The molecule has 0 spiro atoms. The molecule has 2 N–H and O–H groups in total. The lowest BCUT2D eigenvalue weighted by Crippen LogP contribution is -3.15. The van der Waals surface area contributed by atoms with Crippen molar-refractivity contribution in [3.05, 3.63) is 41.8 Å². The molecule has 1 saturated heterocycles. The monoisotopic (exact) mass is 414 g/mol. The van der Waals surface area contributed by atoms with Gasteiger partial charge in [0.15, 0.2) is 12.3 Å². The zero-order valence-electron chi connectivity index (χ0n) is 17.4. The van der Waals surface area contributed by atoms with E-state index in [1.807, 2.05) is 15.6 Å². The summed E-state index contributed by atoms with van der Waals surface area (Å²) in [5, 5.41) is 7.42. The van der Waals surface area contributed by atoms with Crippen molar-refractivity contribution < 1.29 is 18.9 Å². The molecule has 0 radical (unpaired) electrons. The van der Waals surface area contributed by atoms with E-state index < -0.39 is 0 Å². The summed E-state index contributed by atoms with van der Waals surface area (Å²) < 4.78 is 16.4. The molecule has 1 amide bonds. The molecule has 1 aromatic carbocycles. The van der Waals surface area contributed by atoms with Crippen LogP contribution in [0.4, 0.5) is 15.9 Å². The van der Waals surface area contributed by atoms with Crippen LogP contribution in [0.5, 0.6) is 0 Å². The van der Waals surface area contributed by atoms with Crippen LogP contribution >= 0.6 is 0 Å². The van der Waals surface area contributed by atoms with Crippen LogP contribution < -0.4 is 15.1 Å². The second kappa shape index (κ2) is 8.95. The molecule has 0 unspecified atom stereocenters. The Balaban J connectivity index is 1.29. The fraction of sp³-hybridized carbons (Fsp3) is 0.500. The summed E-state index contributed by atoms with van der Waals surface area (Å²) in [4.78, 5) is 27.1. The predicted molar refractivity (Wildman–Crippen MR) is 113 cm³/mol. The highest BCUT2D eigenvalue weighted by Gasteiger charge is 2.25. The smallest absolute Gasteiger partial charge is 0.280 e. The van der Waals surface area contributed by atoms with E-state index in [0.717, 1.165) is 31.7 Å². The molecule has 30 heavy (non-hydrogen) atoms. The molecule has 2 heterocycles. The van der Waals surface area contributed by atoms with Crippen LogP contribution in [0.25, 0.3) is 0 Å². The molecule has 1 aromatic heterocycles. The number of rotatable bonds is 6. The van der Waals surface area contributed by atoms with Crippen LogP contribution in [0.3, 0.4) is 0 Å². The van der Waals surface area contributed by atoms with Crippen molar-refractivity contribution in [1.29, 1.82) is 0 Å². The Morgan fingerprint density at radius 3 is 2.60 bits per heavy atom. The Labute approximate surface area is 175 Å². The van der Waals surface area contributed by atoms with Crippen LogP contribution in [0.2, 0.25) is 0 Å². The molecule has 4 rings (SSSR count). The van der Waals surface area contributed by atoms with Crippen LogP contribution in [-0.2, 0) is 4.79 Å². The predicted octanol–water partition coefficient (Wildman–Crippen LogP) is 1.68. The van der Waals surface area contributed by atoms with Crippen LogP contribution in [0.1, 0.15) is 49.0 Å². The number of carbonyl (C=O) groups is 2. The third kappa shape index (κ3) is 4.53. The lowest BCUT2D eigenvalue weighted by molar-refractivity contribution is -0.892. The first kappa shape index (κ1) is 20.5. The third-order valence-electron chi connectivity index (χ3n) is 6.18. The van der Waals surface area contributed by atoms with E-state index >= 15 is 0 Å². The standard InChI is InChI=1S/C22H28FN5O2/c1-16(29)17-6-7-20(19(23)14-17)27-12-10-26(11-13-27)15-22(30)25-21-8-9-24-28(21)18-4-2-3-5-18/h6-9,14,18H,2-5,10-13,15H2,1H3,(H,25,30)/p+1. The zero-order valence-corrected chi connectivity index (χ0v) is 17.4. The number of nitrogens with zero attached hydrogens (tertiary/aromatic N) is 3. The quantitative estimate of drug-likeness (QED) is 0.706. The molecular weight excluding hydrogens is 385 g/mol. The molecule has 1 saturated carbocycles. The molecular formula is C22H29FN5O2+. The van der Waals surface area contributed by atoms with Gasteiger partial charge in [-0.25, -0.2) is 9.07 Å². The summed E-state index contributed by atoms with van der Waals surface area (Å²) in [5.41, 5.74) is 0.901.